The molecule has 0 unspecified atom stereocenters. The second kappa shape index (κ2) is 7.84. The van der Waals surface area contributed by atoms with Gasteiger partial charge in [0.15, 0.2) is 5.16 Å². The van der Waals surface area contributed by atoms with Crippen molar-refractivity contribution in [1.82, 2.24) is 9.55 Å². The number of rotatable bonds is 6. The lowest BCUT2D eigenvalue weighted by molar-refractivity contribution is -0.115. The number of nitrogens with zero attached hydrogens (tertiary/aromatic N) is 2. The number of imidazole rings is 1. The van der Waals surface area contributed by atoms with Gasteiger partial charge < -0.3 is 9.88 Å². The molecule has 0 bridgehead atoms. The number of para-hydroxylation sites is 1. The van der Waals surface area contributed by atoms with Gasteiger partial charge in [-0.05, 0) is 24.6 Å². The van der Waals surface area contributed by atoms with E-state index in [4.69, 9.17) is 0 Å². The molecule has 24 heavy (non-hydrogen) atoms. The molecule has 0 fully saturated rings. The molecule has 0 radical (unpaired) electrons. The Labute approximate surface area is 145 Å². The molecule has 5 heteroatoms. The van der Waals surface area contributed by atoms with E-state index in [9.17, 15) is 4.79 Å². The van der Waals surface area contributed by atoms with Gasteiger partial charge in [-0.1, -0.05) is 60.3 Å². The molecule has 0 saturated heterocycles. The predicted octanol–water partition coefficient (Wildman–Crippen LogP) is 4.05. The molecule has 2 aromatic carbocycles. The van der Waals surface area contributed by atoms with Crippen LogP contribution in [0.3, 0.4) is 0 Å². The number of carbonyl (C=O) groups excluding carboxylic acids is 1. The monoisotopic (exact) mass is 337 g/mol. The topological polar surface area (TPSA) is 46.9 Å². The SMILES string of the molecule is C[C@@H](Sc1nccn1Cc1ccccc1)C(=O)Nc1ccccc1. The van der Waals surface area contributed by atoms with Crippen molar-refractivity contribution in [3.63, 3.8) is 0 Å². The minimum atomic E-state index is -0.234. The Morgan fingerprint density at radius 2 is 1.79 bits per heavy atom. The van der Waals surface area contributed by atoms with Crippen molar-refractivity contribution in [2.24, 2.45) is 0 Å². The first-order valence-corrected chi connectivity index (χ1v) is 8.68. The largest absolute Gasteiger partial charge is 0.325 e. The smallest absolute Gasteiger partial charge is 0.237 e. The van der Waals surface area contributed by atoms with E-state index in [0.29, 0.717) is 0 Å². The Bertz CT molecular complexity index is 787. The quantitative estimate of drug-likeness (QED) is 0.690. The fraction of sp³-hybridized carbons (Fsp3) is 0.158. The highest BCUT2D eigenvalue weighted by Gasteiger charge is 2.17. The molecular formula is C19H19N3OS. The van der Waals surface area contributed by atoms with Crippen molar-refractivity contribution < 1.29 is 4.79 Å². The van der Waals surface area contributed by atoms with E-state index in [1.807, 2.05) is 61.7 Å². The van der Waals surface area contributed by atoms with Crippen LogP contribution in [0.4, 0.5) is 5.69 Å². The van der Waals surface area contributed by atoms with Gasteiger partial charge in [0.1, 0.15) is 0 Å². The number of amides is 1. The Morgan fingerprint density at radius 1 is 1.12 bits per heavy atom. The normalized spacial score (nSPS) is 11.9. The van der Waals surface area contributed by atoms with E-state index >= 15 is 0 Å². The van der Waals surface area contributed by atoms with Crippen LogP contribution in [0.15, 0.2) is 78.2 Å². The molecule has 3 rings (SSSR count). The average molecular weight is 337 g/mol. The molecule has 0 spiro atoms. The summed E-state index contributed by atoms with van der Waals surface area (Å²) in [6.45, 7) is 2.64. The van der Waals surface area contributed by atoms with Gasteiger partial charge in [-0.25, -0.2) is 4.98 Å². The zero-order chi connectivity index (χ0) is 16.8. The summed E-state index contributed by atoms with van der Waals surface area (Å²) in [5.41, 5.74) is 2.02. The van der Waals surface area contributed by atoms with Gasteiger partial charge in [0.25, 0.3) is 0 Å². The lowest BCUT2D eigenvalue weighted by Gasteiger charge is -2.13. The molecule has 1 amide bonds. The number of hydrogen-bond acceptors (Lipinski definition) is 3. The van der Waals surface area contributed by atoms with Crippen molar-refractivity contribution in [1.29, 1.82) is 0 Å². The van der Waals surface area contributed by atoms with Crippen LogP contribution in [0, 0.1) is 0 Å². The second-order valence-electron chi connectivity index (χ2n) is 5.44. The minimum absolute atomic E-state index is 0.0274. The summed E-state index contributed by atoms with van der Waals surface area (Å²) in [4.78, 5) is 16.7. The summed E-state index contributed by atoms with van der Waals surface area (Å²) in [6, 6.07) is 19.7. The highest BCUT2D eigenvalue weighted by atomic mass is 32.2. The highest BCUT2D eigenvalue weighted by molar-refractivity contribution is 8.00. The van der Waals surface area contributed by atoms with E-state index in [1.165, 1.54) is 17.3 Å². The molecular weight excluding hydrogens is 318 g/mol. The van der Waals surface area contributed by atoms with E-state index in [1.54, 1.807) is 6.20 Å². The van der Waals surface area contributed by atoms with Gasteiger partial charge in [-0.3, -0.25) is 4.79 Å². The molecule has 4 nitrogen and oxygen atoms in total. The Morgan fingerprint density at radius 3 is 2.50 bits per heavy atom. The molecule has 3 aromatic rings. The maximum Gasteiger partial charge on any atom is 0.237 e. The number of carbonyl (C=O) groups is 1. The maximum atomic E-state index is 12.3. The summed E-state index contributed by atoms with van der Waals surface area (Å²) in [5.74, 6) is -0.0274. The predicted molar refractivity (Wildman–Crippen MR) is 98.2 cm³/mol. The third kappa shape index (κ3) is 4.26. The Hall–Kier alpha value is -2.53. The van der Waals surface area contributed by atoms with Gasteiger partial charge in [0, 0.05) is 24.6 Å². The molecule has 122 valence electrons. The molecule has 0 aliphatic rings. The number of aromatic nitrogens is 2. The van der Waals surface area contributed by atoms with Crippen molar-refractivity contribution in [3.05, 3.63) is 78.6 Å². The number of benzene rings is 2. The first-order valence-electron chi connectivity index (χ1n) is 7.80. The van der Waals surface area contributed by atoms with Gasteiger partial charge >= 0.3 is 0 Å². The van der Waals surface area contributed by atoms with Crippen LogP contribution in [-0.2, 0) is 11.3 Å². The van der Waals surface area contributed by atoms with E-state index in [2.05, 4.69) is 27.0 Å². The van der Waals surface area contributed by atoms with Crippen LogP contribution < -0.4 is 5.32 Å². The summed E-state index contributed by atoms with van der Waals surface area (Å²) >= 11 is 1.46. The van der Waals surface area contributed by atoms with Crippen LogP contribution in [-0.4, -0.2) is 20.7 Å². The fourth-order valence-corrected chi connectivity index (χ4v) is 3.16. The van der Waals surface area contributed by atoms with E-state index in [-0.39, 0.29) is 11.2 Å². The van der Waals surface area contributed by atoms with Gasteiger partial charge in [0.2, 0.25) is 5.91 Å². The van der Waals surface area contributed by atoms with Gasteiger partial charge in [-0.2, -0.15) is 0 Å². The highest BCUT2D eigenvalue weighted by Crippen LogP contribution is 2.23. The summed E-state index contributed by atoms with van der Waals surface area (Å²) < 4.78 is 2.06. The lowest BCUT2D eigenvalue weighted by atomic mass is 10.2. The van der Waals surface area contributed by atoms with E-state index in [0.717, 1.165) is 17.4 Å². The fourth-order valence-electron chi connectivity index (χ4n) is 2.29. The third-order valence-corrected chi connectivity index (χ3v) is 4.68. The Kier molecular flexibility index (Phi) is 5.33. The summed E-state index contributed by atoms with van der Waals surface area (Å²) in [6.07, 6.45) is 3.71. The number of hydrogen-bond donors (Lipinski definition) is 1. The first-order chi connectivity index (χ1) is 11.7. The maximum absolute atomic E-state index is 12.3. The first kappa shape index (κ1) is 16.3. The standard InChI is InChI=1S/C19H19N3OS/c1-15(18(23)21-17-10-6-3-7-11-17)24-19-20-12-13-22(19)14-16-8-4-2-5-9-16/h2-13,15H,14H2,1H3,(H,21,23)/t15-/m1/s1. The summed E-state index contributed by atoms with van der Waals surface area (Å²) in [7, 11) is 0. The molecule has 1 N–H and O–H groups in total. The molecule has 0 saturated carbocycles. The van der Waals surface area contributed by atoms with Crippen molar-refractivity contribution in [2.45, 2.75) is 23.9 Å². The summed E-state index contributed by atoms with van der Waals surface area (Å²) in [5, 5.41) is 3.53. The lowest BCUT2D eigenvalue weighted by Crippen LogP contribution is -2.22. The van der Waals surface area contributed by atoms with Crippen molar-refractivity contribution >= 4 is 23.4 Å². The average Bonchev–Trinajstić information content (AvgIpc) is 3.03. The zero-order valence-corrected chi connectivity index (χ0v) is 14.2. The molecule has 1 aromatic heterocycles. The van der Waals surface area contributed by atoms with Crippen molar-refractivity contribution in [2.75, 3.05) is 5.32 Å². The second-order valence-corrected chi connectivity index (χ2v) is 6.75. The van der Waals surface area contributed by atoms with Gasteiger partial charge in [0.05, 0.1) is 5.25 Å². The number of nitrogens with one attached hydrogen (secondary N) is 1. The minimum Gasteiger partial charge on any atom is -0.325 e. The molecule has 1 atom stereocenters. The van der Waals surface area contributed by atoms with Crippen LogP contribution in [0.2, 0.25) is 0 Å². The molecule has 0 aliphatic heterocycles. The van der Waals surface area contributed by atoms with Crippen LogP contribution in [0.5, 0.6) is 0 Å². The molecule has 0 aliphatic carbocycles. The molecule has 1 heterocycles. The van der Waals surface area contributed by atoms with E-state index < -0.39 is 0 Å². The Balaban J connectivity index is 1.63. The van der Waals surface area contributed by atoms with Gasteiger partial charge in [-0.15, -0.1) is 0 Å². The van der Waals surface area contributed by atoms with Crippen LogP contribution in [0.25, 0.3) is 0 Å². The van der Waals surface area contributed by atoms with Crippen LogP contribution in [0.1, 0.15) is 12.5 Å². The van der Waals surface area contributed by atoms with Crippen LogP contribution >= 0.6 is 11.8 Å². The third-order valence-electron chi connectivity index (χ3n) is 3.57. The zero-order valence-electron chi connectivity index (χ0n) is 13.4. The van der Waals surface area contributed by atoms with Crippen molar-refractivity contribution in [3.8, 4) is 0 Å². The number of anilines is 1. The number of thioether (sulfide) groups is 1.